The molecule has 0 amide bonds. The highest BCUT2D eigenvalue weighted by Gasteiger charge is 2.11. The van der Waals surface area contributed by atoms with Crippen LogP contribution in [-0.4, -0.2) is 55.1 Å². The number of hydrogen-bond acceptors (Lipinski definition) is 7. The number of aromatic amines is 1. The van der Waals surface area contributed by atoms with E-state index in [0.29, 0.717) is 23.8 Å². The fourth-order valence-electron chi connectivity index (χ4n) is 3.57. The fraction of sp³-hybridized carbons (Fsp3) is 0.269. The summed E-state index contributed by atoms with van der Waals surface area (Å²) in [5.74, 6) is 2.89. The van der Waals surface area contributed by atoms with Crippen molar-refractivity contribution in [1.29, 1.82) is 0 Å². The van der Waals surface area contributed by atoms with Crippen LogP contribution in [0.25, 0.3) is 22.0 Å². The molecule has 0 aliphatic rings. The number of nitrogens with one attached hydrogen (secondary N) is 2. The first-order chi connectivity index (χ1) is 17.1. The topological polar surface area (TPSA) is 88.6 Å². The zero-order valence-corrected chi connectivity index (χ0v) is 22.0. The van der Waals surface area contributed by atoms with E-state index < -0.39 is 6.10 Å². The van der Waals surface area contributed by atoms with Crippen LogP contribution in [0.15, 0.2) is 64.6 Å². The Kier molecular flexibility index (Phi) is 8.81. The number of methoxy groups -OCH3 is 2. The third-order valence-electron chi connectivity index (χ3n) is 5.42. The second-order valence-electron chi connectivity index (χ2n) is 7.88. The maximum absolute atomic E-state index is 10.3. The van der Waals surface area contributed by atoms with Crippen molar-refractivity contribution in [2.75, 3.05) is 33.9 Å². The normalized spacial score (nSPS) is 11.9. The molecule has 4 rings (SSSR count). The van der Waals surface area contributed by atoms with E-state index in [1.165, 1.54) is 0 Å². The number of aliphatic hydroxyl groups excluding tert-OH is 1. The monoisotopic (exact) mass is 557 g/mol. The molecular formula is C26H28BrN3O4S. The van der Waals surface area contributed by atoms with Gasteiger partial charge in [-0.2, -0.15) is 0 Å². The highest BCUT2D eigenvalue weighted by atomic mass is 79.9. The summed E-state index contributed by atoms with van der Waals surface area (Å²) in [4.78, 5) is 9.00. The van der Waals surface area contributed by atoms with Gasteiger partial charge in [0, 0.05) is 12.1 Å². The minimum absolute atomic E-state index is 0.185. The summed E-state index contributed by atoms with van der Waals surface area (Å²) in [6.07, 6.45) is 2.01. The zero-order chi connectivity index (χ0) is 24.6. The van der Waals surface area contributed by atoms with Gasteiger partial charge in [0.15, 0.2) is 11.5 Å². The first kappa shape index (κ1) is 25.2. The Balaban J connectivity index is 1.23. The van der Waals surface area contributed by atoms with Crippen molar-refractivity contribution < 1.29 is 19.3 Å². The molecule has 0 bridgehead atoms. The number of aromatic nitrogens is 2. The van der Waals surface area contributed by atoms with Gasteiger partial charge >= 0.3 is 0 Å². The lowest BCUT2D eigenvalue weighted by Crippen LogP contribution is -2.32. The number of ether oxygens (including phenoxy) is 3. The molecular weight excluding hydrogens is 530 g/mol. The van der Waals surface area contributed by atoms with Crippen LogP contribution in [0.4, 0.5) is 0 Å². The van der Waals surface area contributed by atoms with Crippen LogP contribution in [0.5, 0.6) is 17.2 Å². The molecule has 4 aromatic rings. The lowest BCUT2D eigenvalue weighted by molar-refractivity contribution is 0.106. The van der Waals surface area contributed by atoms with E-state index in [4.69, 9.17) is 14.2 Å². The predicted molar refractivity (Wildman–Crippen MR) is 143 cm³/mol. The van der Waals surface area contributed by atoms with E-state index in [1.807, 2.05) is 54.0 Å². The van der Waals surface area contributed by atoms with E-state index in [0.717, 1.165) is 45.0 Å². The van der Waals surface area contributed by atoms with Crippen LogP contribution in [0.1, 0.15) is 5.56 Å². The highest BCUT2D eigenvalue weighted by Crippen LogP contribution is 2.31. The van der Waals surface area contributed by atoms with Gasteiger partial charge in [0.2, 0.25) is 0 Å². The fourth-order valence-corrected chi connectivity index (χ4v) is 4.76. The Bertz CT molecular complexity index is 1230. The summed E-state index contributed by atoms with van der Waals surface area (Å²) < 4.78 is 17.2. The second-order valence-corrected chi connectivity index (χ2v) is 9.68. The lowest BCUT2D eigenvalue weighted by atomic mass is 10.1. The summed E-state index contributed by atoms with van der Waals surface area (Å²) >= 11 is 5.24. The Morgan fingerprint density at radius 1 is 1.09 bits per heavy atom. The smallest absolute Gasteiger partial charge is 0.160 e. The largest absolute Gasteiger partial charge is 0.493 e. The molecule has 0 unspecified atom stereocenters. The Hall–Kier alpha value is -2.85. The SMILES string of the molecule is COc1ccc(CCNC[C@H](O)COc2ccc(-c3ncc(-c4cccs4)[nH]3)cc2Br)cc1OC. The molecule has 0 radical (unpaired) electrons. The average Bonchev–Trinajstić information content (AvgIpc) is 3.58. The van der Waals surface area contributed by atoms with Gasteiger partial charge in [-0.15, -0.1) is 11.3 Å². The average molecular weight is 558 g/mol. The van der Waals surface area contributed by atoms with Crippen LogP contribution in [0, 0.1) is 0 Å². The van der Waals surface area contributed by atoms with E-state index in [2.05, 4.69) is 37.3 Å². The molecule has 3 N–H and O–H groups in total. The Morgan fingerprint density at radius 2 is 1.91 bits per heavy atom. The van der Waals surface area contributed by atoms with Crippen molar-refractivity contribution in [2.45, 2.75) is 12.5 Å². The highest BCUT2D eigenvalue weighted by molar-refractivity contribution is 9.10. The summed E-state index contributed by atoms with van der Waals surface area (Å²) in [5, 5.41) is 15.6. The van der Waals surface area contributed by atoms with Crippen molar-refractivity contribution in [3.05, 3.63) is 70.1 Å². The third-order valence-corrected chi connectivity index (χ3v) is 6.94. The number of benzene rings is 2. The zero-order valence-electron chi connectivity index (χ0n) is 19.6. The molecule has 0 saturated heterocycles. The summed E-state index contributed by atoms with van der Waals surface area (Å²) in [5.41, 5.74) is 3.07. The first-order valence-corrected chi connectivity index (χ1v) is 12.9. The number of rotatable bonds is 12. The molecule has 1 atom stereocenters. The molecule has 0 saturated carbocycles. The van der Waals surface area contributed by atoms with E-state index in [-0.39, 0.29) is 6.61 Å². The maximum atomic E-state index is 10.3. The van der Waals surface area contributed by atoms with Crippen LogP contribution >= 0.6 is 27.3 Å². The van der Waals surface area contributed by atoms with Crippen molar-refractivity contribution in [3.8, 4) is 39.2 Å². The van der Waals surface area contributed by atoms with Gasteiger partial charge in [-0.1, -0.05) is 12.1 Å². The summed E-state index contributed by atoms with van der Waals surface area (Å²) in [6, 6.07) is 15.7. The van der Waals surface area contributed by atoms with Crippen LogP contribution in [-0.2, 0) is 6.42 Å². The predicted octanol–water partition coefficient (Wildman–Crippen LogP) is 5.16. The van der Waals surface area contributed by atoms with E-state index in [9.17, 15) is 5.11 Å². The molecule has 35 heavy (non-hydrogen) atoms. The minimum atomic E-state index is -0.634. The molecule has 9 heteroatoms. The third kappa shape index (κ3) is 6.64. The summed E-state index contributed by atoms with van der Waals surface area (Å²) in [6.45, 7) is 1.34. The van der Waals surface area contributed by atoms with Crippen molar-refractivity contribution in [3.63, 3.8) is 0 Å². The van der Waals surface area contributed by atoms with Crippen LogP contribution < -0.4 is 19.5 Å². The minimum Gasteiger partial charge on any atom is -0.493 e. The number of halogens is 1. The summed E-state index contributed by atoms with van der Waals surface area (Å²) in [7, 11) is 3.25. The number of hydrogen-bond donors (Lipinski definition) is 3. The molecule has 2 aromatic carbocycles. The molecule has 184 valence electrons. The van der Waals surface area contributed by atoms with E-state index in [1.54, 1.807) is 25.6 Å². The molecule has 0 aliphatic heterocycles. The van der Waals surface area contributed by atoms with Crippen molar-refractivity contribution in [2.24, 2.45) is 0 Å². The number of H-pyrrole nitrogens is 1. The maximum Gasteiger partial charge on any atom is 0.160 e. The van der Waals surface area contributed by atoms with E-state index >= 15 is 0 Å². The number of imidazole rings is 1. The quantitative estimate of drug-likeness (QED) is 0.208. The van der Waals surface area contributed by atoms with Gasteiger partial charge in [-0.3, -0.25) is 0 Å². The lowest BCUT2D eigenvalue weighted by Gasteiger charge is -2.15. The molecule has 7 nitrogen and oxygen atoms in total. The van der Waals surface area contributed by atoms with Gasteiger partial charge < -0.3 is 29.6 Å². The molecule has 0 fully saturated rings. The van der Waals surface area contributed by atoms with Crippen LogP contribution in [0.3, 0.4) is 0 Å². The first-order valence-electron chi connectivity index (χ1n) is 11.2. The van der Waals surface area contributed by atoms with Crippen LogP contribution in [0.2, 0.25) is 0 Å². The Morgan fingerprint density at radius 3 is 2.66 bits per heavy atom. The van der Waals surface area contributed by atoms with Gasteiger partial charge in [0.05, 0.1) is 35.5 Å². The van der Waals surface area contributed by atoms with Gasteiger partial charge in [-0.05, 0) is 76.2 Å². The second kappa shape index (κ2) is 12.2. The van der Waals surface area contributed by atoms with Crippen molar-refractivity contribution in [1.82, 2.24) is 15.3 Å². The van der Waals surface area contributed by atoms with Gasteiger partial charge in [0.25, 0.3) is 0 Å². The number of nitrogens with zero attached hydrogens (tertiary/aromatic N) is 1. The molecule has 2 aromatic heterocycles. The number of thiophene rings is 1. The van der Waals surface area contributed by atoms with Crippen molar-refractivity contribution >= 4 is 27.3 Å². The van der Waals surface area contributed by atoms with Gasteiger partial charge in [-0.25, -0.2) is 4.98 Å². The standard InChI is InChI=1S/C26H28BrN3O4S/c1-32-23-7-5-17(12-24(23)33-2)9-10-28-14-19(31)16-34-22-8-6-18(13-20(22)27)26-29-15-21(30-26)25-4-3-11-35-25/h3-8,11-13,15,19,28,31H,9-10,14,16H2,1-2H3,(H,29,30)/t19-/m0/s1. The van der Waals surface area contributed by atoms with Gasteiger partial charge in [0.1, 0.15) is 24.3 Å². The molecule has 2 heterocycles. The molecule has 0 spiro atoms. The molecule has 0 aliphatic carbocycles. The Labute approximate surface area is 217 Å². The number of aliphatic hydroxyl groups is 1.